The summed E-state index contributed by atoms with van der Waals surface area (Å²) in [4.78, 5) is 72.3. The van der Waals surface area contributed by atoms with E-state index < -0.39 is 97.5 Å². The molecule has 0 saturated carbocycles. The van der Waals surface area contributed by atoms with Crippen LogP contribution in [0.2, 0.25) is 0 Å². The lowest BCUT2D eigenvalue weighted by molar-refractivity contribution is -0.161. The second kappa shape index (κ2) is 64.1. The Morgan fingerprint density at radius 3 is 0.747 bits per heavy atom. The Morgan fingerprint density at radius 1 is 0.297 bits per heavy atom. The van der Waals surface area contributed by atoms with Gasteiger partial charge < -0.3 is 33.8 Å². The van der Waals surface area contributed by atoms with Gasteiger partial charge in [-0.25, -0.2) is 9.13 Å². The molecule has 0 aliphatic heterocycles. The summed E-state index contributed by atoms with van der Waals surface area (Å²) in [5, 5.41) is 10.6. The third kappa shape index (κ3) is 66.5. The minimum Gasteiger partial charge on any atom is -0.462 e. The van der Waals surface area contributed by atoms with Crippen molar-refractivity contribution in [3.05, 3.63) is 0 Å². The molecule has 540 valence electrons. The highest BCUT2D eigenvalue weighted by atomic mass is 31.2. The number of aliphatic hydroxyl groups is 1. The Kier molecular flexibility index (Phi) is 62.7. The second-order valence-electron chi connectivity index (χ2n) is 26.9. The van der Waals surface area contributed by atoms with Gasteiger partial charge in [0.2, 0.25) is 0 Å². The Bertz CT molecular complexity index is 1770. The van der Waals surface area contributed by atoms with Crippen LogP contribution in [-0.4, -0.2) is 96.7 Å². The normalized spacial score (nSPS) is 14.1. The SMILES string of the molecule is CCCCCCCCCCCCCCCCCCCCCCCC(=O)O[C@H](COC(=O)CCCCCCCCCCCCCC(C)C)COP(=O)(O)OC[C@@H](O)COP(=O)(O)OC[C@@H](COC(=O)CCCCCCC)OC(=O)CCCCCCCCCCC(C)C. The number of hydrogen-bond acceptors (Lipinski definition) is 15. The van der Waals surface area contributed by atoms with E-state index in [9.17, 15) is 43.2 Å². The molecule has 0 aliphatic carbocycles. The monoisotopic (exact) mass is 1340 g/mol. The van der Waals surface area contributed by atoms with Gasteiger partial charge in [-0.1, -0.05) is 318 Å². The van der Waals surface area contributed by atoms with Gasteiger partial charge in [-0.15, -0.1) is 0 Å². The number of aliphatic hydroxyl groups excluding tert-OH is 1. The molecule has 0 bridgehead atoms. The minimum atomic E-state index is -4.95. The van der Waals surface area contributed by atoms with Crippen LogP contribution >= 0.6 is 15.6 Å². The summed E-state index contributed by atoms with van der Waals surface area (Å²) in [7, 11) is -9.89. The van der Waals surface area contributed by atoms with Gasteiger partial charge >= 0.3 is 39.5 Å². The van der Waals surface area contributed by atoms with Gasteiger partial charge in [-0.05, 0) is 37.5 Å². The fourth-order valence-corrected chi connectivity index (χ4v) is 12.5. The van der Waals surface area contributed by atoms with Crippen molar-refractivity contribution in [1.82, 2.24) is 0 Å². The molecular formula is C72H140O17P2. The Morgan fingerprint density at radius 2 is 0.505 bits per heavy atom. The van der Waals surface area contributed by atoms with Gasteiger partial charge in [0.1, 0.15) is 19.3 Å². The minimum absolute atomic E-state index is 0.104. The standard InChI is InChI=1S/C72H140O17P2/c1-7-9-11-13-14-15-16-17-18-19-20-21-22-23-24-25-28-32-38-44-50-56-71(76)89-68(61-83-70(75)55-49-43-37-31-29-26-27-30-35-41-46-52-64(3)4)63-87-91(80,81)85-59-66(73)58-84-90(78,79)86-62-67(60-82-69(74)54-48-40-12-10-8-2)88-72(77)57-51-45-39-34-33-36-42-47-53-65(5)6/h64-68,73H,7-63H2,1-6H3,(H,78,79)(H,80,81)/t66-,67+,68+/m0/s1. The molecule has 19 heteroatoms. The van der Waals surface area contributed by atoms with Crippen molar-refractivity contribution in [3.63, 3.8) is 0 Å². The van der Waals surface area contributed by atoms with E-state index in [1.807, 2.05) is 0 Å². The third-order valence-corrected chi connectivity index (χ3v) is 18.6. The number of phosphoric acid groups is 2. The first-order valence-corrected chi connectivity index (χ1v) is 40.5. The smallest absolute Gasteiger partial charge is 0.462 e. The van der Waals surface area contributed by atoms with E-state index in [0.717, 1.165) is 108 Å². The van der Waals surface area contributed by atoms with Crippen molar-refractivity contribution in [2.45, 2.75) is 387 Å². The van der Waals surface area contributed by atoms with Crippen LogP contribution in [0.25, 0.3) is 0 Å². The van der Waals surface area contributed by atoms with Crippen LogP contribution in [0.4, 0.5) is 0 Å². The highest BCUT2D eigenvalue weighted by molar-refractivity contribution is 7.47. The maximum absolute atomic E-state index is 13.0. The van der Waals surface area contributed by atoms with Crippen LogP contribution in [-0.2, 0) is 65.4 Å². The van der Waals surface area contributed by atoms with Crippen molar-refractivity contribution < 1.29 is 80.2 Å². The van der Waals surface area contributed by atoms with E-state index >= 15 is 0 Å². The summed E-state index contributed by atoms with van der Waals surface area (Å²) in [6, 6.07) is 0. The van der Waals surface area contributed by atoms with Crippen LogP contribution in [0, 0.1) is 11.8 Å². The van der Waals surface area contributed by atoms with Gasteiger partial charge in [-0.2, -0.15) is 0 Å². The van der Waals surface area contributed by atoms with Crippen LogP contribution in [0.1, 0.15) is 369 Å². The highest BCUT2D eigenvalue weighted by Crippen LogP contribution is 2.45. The van der Waals surface area contributed by atoms with E-state index in [1.54, 1.807) is 0 Å². The number of esters is 4. The van der Waals surface area contributed by atoms with Crippen LogP contribution in [0.5, 0.6) is 0 Å². The Balaban J connectivity index is 5.12. The number of carbonyl (C=O) groups excluding carboxylic acids is 4. The van der Waals surface area contributed by atoms with Crippen LogP contribution in [0.3, 0.4) is 0 Å². The molecule has 0 aromatic carbocycles. The van der Waals surface area contributed by atoms with Gasteiger partial charge in [-0.3, -0.25) is 37.3 Å². The lowest BCUT2D eigenvalue weighted by atomic mass is 10.0. The van der Waals surface area contributed by atoms with Gasteiger partial charge in [0.25, 0.3) is 0 Å². The van der Waals surface area contributed by atoms with Crippen LogP contribution < -0.4 is 0 Å². The molecule has 5 atom stereocenters. The maximum Gasteiger partial charge on any atom is 0.472 e. The lowest BCUT2D eigenvalue weighted by Gasteiger charge is -2.21. The number of rotatable bonds is 71. The average molecular weight is 1340 g/mol. The molecule has 0 saturated heterocycles. The number of phosphoric ester groups is 2. The average Bonchev–Trinajstić information content (AvgIpc) is 3.32. The van der Waals surface area contributed by atoms with Crippen molar-refractivity contribution in [2.75, 3.05) is 39.6 Å². The van der Waals surface area contributed by atoms with Gasteiger partial charge in [0.15, 0.2) is 12.2 Å². The lowest BCUT2D eigenvalue weighted by Crippen LogP contribution is -2.30. The zero-order valence-corrected chi connectivity index (χ0v) is 60.9. The fraction of sp³-hybridized carbons (Fsp3) is 0.944. The molecule has 0 fully saturated rings. The molecule has 0 rings (SSSR count). The first-order chi connectivity index (χ1) is 43.9. The topological polar surface area (TPSA) is 237 Å². The third-order valence-electron chi connectivity index (χ3n) is 16.7. The van der Waals surface area contributed by atoms with Gasteiger partial charge in [0, 0.05) is 25.7 Å². The predicted molar refractivity (Wildman–Crippen MR) is 368 cm³/mol. The van der Waals surface area contributed by atoms with Gasteiger partial charge in [0.05, 0.1) is 26.4 Å². The fourth-order valence-electron chi connectivity index (χ4n) is 10.9. The largest absolute Gasteiger partial charge is 0.472 e. The number of unbranched alkanes of at least 4 members (excludes halogenated alkanes) is 41. The molecule has 2 unspecified atom stereocenters. The summed E-state index contributed by atoms with van der Waals surface area (Å²) >= 11 is 0. The zero-order valence-electron chi connectivity index (χ0n) is 59.1. The van der Waals surface area contributed by atoms with Crippen molar-refractivity contribution in [2.24, 2.45) is 11.8 Å². The Hall–Kier alpha value is -1.94. The van der Waals surface area contributed by atoms with Crippen molar-refractivity contribution in [1.29, 1.82) is 0 Å². The molecule has 0 amide bonds. The summed E-state index contributed by atoms with van der Waals surface area (Å²) in [5.74, 6) is -0.646. The molecular weight excluding hydrogens is 1200 g/mol. The summed E-state index contributed by atoms with van der Waals surface area (Å²) in [6.45, 7) is 9.43. The first-order valence-electron chi connectivity index (χ1n) is 37.5. The van der Waals surface area contributed by atoms with E-state index in [4.69, 9.17) is 37.0 Å². The molecule has 3 N–H and O–H groups in total. The van der Waals surface area contributed by atoms with E-state index in [-0.39, 0.29) is 25.7 Å². The summed E-state index contributed by atoms with van der Waals surface area (Å²) < 4.78 is 68.1. The zero-order chi connectivity index (χ0) is 67.2. The molecule has 0 radical (unpaired) electrons. The summed E-state index contributed by atoms with van der Waals surface area (Å²) in [6.07, 6.45) is 50.6. The number of hydrogen-bond donors (Lipinski definition) is 3. The first kappa shape index (κ1) is 89.1. The second-order valence-corrected chi connectivity index (χ2v) is 29.8. The molecule has 91 heavy (non-hydrogen) atoms. The van der Waals surface area contributed by atoms with Crippen molar-refractivity contribution >= 4 is 39.5 Å². The molecule has 0 aliphatic rings. The van der Waals surface area contributed by atoms with E-state index in [2.05, 4.69) is 41.5 Å². The molecule has 0 aromatic heterocycles. The molecule has 0 aromatic rings. The highest BCUT2D eigenvalue weighted by Gasteiger charge is 2.30. The molecule has 0 heterocycles. The molecule has 17 nitrogen and oxygen atoms in total. The molecule has 0 spiro atoms. The van der Waals surface area contributed by atoms with Crippen LogP contribution in [0.15, 0.2) is 0 Å². The summed E-state index contributed by atoms with van der Waals surface area (Å²) in [5.41, 5.74) is 0. The maximum atomic E-state index is 13.0. The Labute approximate surface area is 556 Å². The number of ether oxygens (including phenoxy) is 4. The quantitative estimate of drug-likeness (QED) is 0.0222. The number of carbonyl (C=O) groups is 4. The van der Waals surface area contributed by atoms with Crippen molar-refractivity contribution in [3.8, 4) is 0 Å². The van der Waals surface area contributed by atoms with E-state index in [0.29, 0.717) is 25.7 Å². The predicted octanol–water partition coefficient (Wildman–Crippen LogP) is 20.8. The van der Waals surface area contributed by atoms with E-state index in [1.165, 1.54) is 180 Å².